The number of nitro groups is 1. The molecule has 132 valence electrons. The van der Waals surface area contributed by atoms with Gasteiger partial charge in [-0.2, -0.15) is 0 Å². The number of halogens is 1. The highest BCUT2D eigenvalue weighted by Crippen LogP contribution is 2.31. The minimum atomic E-state index is -1.00. The molecule has 0 amide bonds. The van der Waals surface area contributed by atoms with E-state index in [1.807, 2.05) is 0 Å². The lowest BCUT2D eigenvalue weighted by Crippen LogP contribution is -2.19. The Kier molecular flexibility index (Phi) is 4.59. The van der Waals surface area contributed by atoms with Crippen LogP contribution in [0.15, 0.2) is 51.7 Å². The fourth-order valence-corrected chi connectivity index (χ4v) is 2.44. The summed E-state index contributed by atoms with van der Waals surface area (Å²) in [5, 5.41) is 11.4. The van der Waals surface area contributed by atoms with E-state index in [1.54, 1.807) is 12.1 Å². The van der Waals surface area contributed by atoms with Crippen molar-refractivity contribution in [3.8, 4) is 11.5 Å². The first-order valence-electron chi connectivity index (χ1n) is 7.17. The number of nitrogens with zero attached hydrogens (tertiary/aromatic N) is 1. The summed E-state index contributed by atoms with van der Waals surface area (Å²) in [6, 6.07) is 9.65. The first-order chi connectivity index (χ1) is 12.4. The molecule has 3 rings (SSSR count). The molecular formula is C17H10ClNO7. The first-order valence-corrected chi connectivity index (χ1v) is 7.55. The average Bonchev–Trinajstić information content (AvgIpc) is 2.62. The van der Waals surface area contributed by atoms with E-state index in [0.29, 0.717) is 0 Å². The highest BCUT2D eigenvalue weighted by Gasteiger charge is 2.21. The van der Waals surface area contributed by atoms with E-state index in [1.165, 1.54) is 19.2 Å². The Morgan fingerprint density at radius 3 is 2.58 bits per heavy atom. The molecule has 26 heavy (non-hydrogen) atoms. The minimum Gasteiger partial charge on any atom is -0.493 e. The molecule has 0 fully saturated rings. The van der Waals surface area contributed by atoms with Crippen molar-refractivity contribution in [3.63, 3.8) is 0 Å². The topological polar surface area (TPSA) is 109 Å². The van der Waals surface area contributed by atoms with E-state index in [9.17, 15) is 19.7 Å². The maximum absolute atomic E-state index is 12.3. The molecule has 0 bridgehead atoms. The molecule has 1 heterocycles. The number of ether oxygens (including phenoxy) is 2. The van der Waals surface area contributed by atoms with Crippen LogP contribution >= 0.6 is 11.6 Å². The number of hydrogen-bond donors (Lipinski definition) is 0. The Bertz CT molecular complexity index is 1090. The second-order valence-corrected chi connectivity index (χ2v) is 5.50. The minimum absolute atomic E-state index is 0.00248. The molecular weight excluding hydrogens is 366 g/mol. The van der Waals surface area contributed by atoms with Crippen LogP contribution in [0, 0.1) is 10.1 Å². The van der Waals surface area contributed by atoms with Crippen LogP contribution in [0.5, 0.6) is 11.5 Å². The Labute approximate surface area is 150 Å². The monoisotopic (exact) mass is 375 g/mol. The van der Waals surface area contributed by atoms with Gasteiger partial charge in [0.25, 0.3) is 5.69 Å². The lowest BCUT2D eigenvalue weighted by molar-refractivity contribution is -0.384. The number of non-ortho nitro benzene ring substituents is 1. The first kappa shape index (κ1) is 17.4. The van der Waals surface area contributed by atoms with Crippen molar-refractivity contribution in [2.24, 2.45) is 0 Å². The number of esters is 1. The van der Waals surface area contributed by atoms with Crippen LogP contribution < -0.4 is 15.1 Å². The second-order valence-electron chi connectivity index (χ2n) is 5.09. The van der Waals surface area contributed by atoms with Gasteiger partial charge in [-0.25, -0.2) is 9.59 Å². The number of carbonyl (C=O) groups excluding carboxylic acids is 1. The van der Waals surface area contributed by atoms with Gasteiger partial charge < -0.3 is 13.9 Å². The summed E-state index contributed by atoms with van der Waals surface area (Å²) in [5.41, 5.74) is -1.70. The molecule has 0 saturated heterocycles. The highest BCUT2D eigenvalue weighted by atomic mass is 35.5. The van der Waals surface area contributed by atoms with Gasteiger partial charge in [0, 0.05) is 11.5 Å². The van der Waals surface area contributed by atoms with Gasteiger partial charge in [-0.15, -0.1) is 0 Å². The van der Waals surface area contributed by atoms with Crippen LogP contribution in [0.2, 0.25) is 5.02 Å². The smallest absolute Gasteiger partial charge is 0.351 e. The number of hydrogen-bond acceptors (Lipinski definition) is 7. The van der Waals surface area contributed by atoms with Crippen molar-refractivity contribution in [3.05, 3.63) is 73.6 Å². The van der Waals surface area contributed by atoms with Gasteiger partial charge in [0.05, 0.1) is 23.1 Å². The van der Waals surface area contributed by atoms with Crippen molar-refractivity contribution in [2.75, 3.05) is 7.11 Å². The van der Waals surface area contributed by atoms with Crippen LogP contribution in [-0.4, -0.2) is 18.0 Å². The normalized spacial score (nSPS) is 10.5. The van der Waals surface area contributed by atoms with E-state index in [0.717, 1.165) is 18.2 Å². The van der Waals surface area contributed by atoms with Gasteiger partial charge in [-0.1, -0.05) is 23.7 Å². The van der Waals surface area contributed by atoms with Gasteiger partial charge in [0.1, 0.15) is 11.3 Å². The molecule has 1 aromatic heterocycles. The summed E-state index contributed by atoms with van der Waals surface area (Å²) in [7, 11) is 1.28. The van der Waals surface area contributed by atoms with E-state index in [4.69, 9.17) is 25.5 Å². The number of carbonyl (C=O) groups is 1. The summed E-state index contributed by atoms with van der Waals surface area (Å²) in [6.45, 7) is 0. The molecule has 0 radical (unpaired) electrons. The van der Waals surface area contributed by atoms with Gasteiger partial charge in [-0.3, -0.25) is 10.1 Å². The molecule has 8 nitrogen and oxygen atoms in total. The Hall–Kier alpha value is -3.39. The van der Waals surface area contributed by atoms with Crippen molar-refractivity contribution in [1.82, 2.24) is 0 Å². The summed E-state index contributed by atoms with van der Waals surface area (Å²) in [6.07, 6.45) is 0. The largest absolute Gasteiger partial charge is 0.493 e. The lowest BCUT2D eigenvalue weighted by atomic mass is 10.1. The molecule has 0 aliphatic carbocycles. The van der Waals surface area contributed by atoms with Crippen molar-refractivity contribution >= 4 is 34.2 Å². The Morgan fingerprint density at radius 1 is 1.19 bits per heavy atom. The van der Waals surface area contributed by atoms with Crippen LogP contribution in [0.4, 0.5) is 5.69 Å². The van der Waals surface area contributed by atoms with E-state index in [2.05, 4.69) is 0 Å². The van der Waals surface area contributed by atoms with Crippen molar-refractivity contribution in [2.45, 2.75) is 0 Å². The maximum atomic E-state index is 12.3. The van der Waals surface area contributed by atoms with Crippen molar-refractivity contribution in [1.29, 1.82) is 0 Å². The number of methoxy groups -OCH3 is 1. The number of fused-ring (bicyclic) bond motifs is 1. The second kappa shape index (κ2) is 6.85. The van der Waals surface area contributed by atoms with Crippen molar-refractivity contribution < 1.29 is 23.6 Å². The number of para-hydroxylation sites is 1. The molecule has 0 aliphatic rings. The summed E-state index contributed by atoms with van der Waals surface area (Å²) in [5.74, 6) is -0.938. The average molecular weight is 376 g/mol. The highest BCUT2D eigenvalue weighted by molar-refractivity contribution is 6.32. The molecule has 0 spiro atoms. The quantitative estimate of drug-likeness (QED) is 0.225. The fraction of sp³-hybridized carbons (Fsp3) is 0.0588. The summed E-state index contributed by atoms with van der Waals surface area (Å²) >= 11 is 5.92. The predicted molar refractivity (Wildman–Crippen MR) is 92.1 cm³/mol. The van der Waals surface area contributed by atoms with Crippen LogP contribution in [-0.2, 0) is 0 Å². The van der Waals surface area contributed by atoms with E-state index in [-0.39, 0.29) is 33.2 Å². The molecule has 0 saturated carbocycles. The van der Waals surface area contributed by atoms with Crippen LogP contribution in [0.3, 0.4) is 0 Å². The lowest BCUT2D eigenvalue weighted by Gasteiger charge is -2.07. The third-order valence-corrected chi connectivity index (χ3v) is 3.79. The Morgan fingerprint density at radius 2 is 1.92 bits per heavy atom. The molecule has 2 aromatic carbocycles. The van der Waals surface area contributed by atoms with Gasteiger partial charge >= 0.3 is 11.6 Å². The third kappa shape index (κ3) is 3.22. The zero-order chi connectivity index (χ0) is 18.8. The molecule has 0 atom stereocenters. The molecule has 0 aliphatic heterocycles. The van der Waals surface area contributed by atoms with Crippen LogP contribution in [0.25, 0.3) is 11.0 Å². The summed E-state index contributed by atoms with van der Waals surface area (Å²) < 4.78 is 15.2. The SMILES string of the molecule is COc1cc([N+](=O)[O-])cc2cc(C(=O)Oc3ccccc3Cl)c(=O)oc12. The number of rotatable bonds is 4. The third-order valence-electron chi connectivity index (χ3n) is 3.47. The zero-order valence-electron chi connectivity index (χ0n) is 13.2. The molecule has 3 aromatic rings. The fourth-order valence-electron chi connectivity index (χ4n) is 2.27. The predicted octanol–water partition coefficient (Wildman–Crippen LogP) is 3.58. The van der Waals surface area contributed by atoms with Gasteiger partial charge in [0.15, 0.2) is 11.3 Å². The standard InChI is InChI=1S/C17H10ClNO7/c1-24-14-8-10(19(22)23)6-9-7-11(17(21)26-15(9)14)16(20)25-13-5-3-2-4-12(13)18/h2-8H,1H3. The van der Waals surface area contributed by atoms with E-state index < -0.39 is 22.1 Å². The number of benzene rings is 2. The maximum Gasteiger partial charge on any atom is 0.351 e. The van der Waals surface area contributed by atoms with Gasteiger partial charge in [0.2, 0.25) is 0 Å². The zero-order valence-corrected chi connectivity index (χ0v) is 14.0. The number of nitro benzene ring substituents is 1. The van der Waals surface area contributed by atoms with Gasteiger partial charge in [-0.05, 0) is 18.2 Å². The summed E-state index contributed by atoms with van der Waals surface area (Å²) in [4.78, 5) is 34.8. The van der Waals surface area contributed by atoms with Crippen LogP contribution in [0.1, 0.15) is 10.4 Å². The molecule has 0 unspecified atom stereocenters. The molecule has 9 heteroatoms. The Balaban J connectivity index is 2.10. The molecule has 0 N–H and O–H groups in total. The van der Waals surface area contributed by atoms with E-state index >= 15 is 0 Å².